The molecular weight excluding hydrogens is 356 g/mol. The molecule has 1 aromatic heterocycles. The molecule has 3 atom stereocenters. The van der Waals surface area contributed by atoms with Crippen LogP contribution in [0.2, 0.25) is 0 Å². The van der Waals surface area contributed by atoms with E-state index in [1.807, 2.05) is 6.07 Å². The SMILES string of the molecule is COC(=O)c1cccc(-c2ccc(/C=N\NC(=O)[C@@H]3[C@@H]4CCCC[C@@]34C)o2)c1. The second-order valence-electron chi connectivity index (χ2n) is 7.84. The van der Waals surface area contributed by atoms with E-state index in [4.69, 9.17) is 9.15 Å². The third kappa shape index (κ3) is 3.35. The molecule has 146 valence electrons. The Bertz CT molecular complexity index is 932. The van der Waals surface area contributed by atoms with Crippen LogP contribution in [0.25, 0.3) is 11.3 Å². The Morgan fingerprint density at radius 3 is 2.89 bits per heavy atom. The number of furan rings is 1. The molecule has 6 heteroatoms. The molecule has 0 aliphatic heterocycles. The van der Waals surface area contributed by atoms with Gasteiger partial charge in [0, 0.05) is 11.5 Å². The number of ether oxygens (including phenoxy) is 1. The van der Waals surface area contributed by atoms with Crippen molar-refractivity contribution in [2.75, 3.05) is 7.11 Å². The molecule has 0 radical (unpaired) electrons. The van der Waals surface area contributed by atoms with Crippen molar-refractivity contribution in [1.29, 1.82) is 0 Å². The van der Waals surface area contributed by atoms with Gasteiger partial charge < -0.3 is 9.15 Å². The van der Waals surface area contributed by atoms with Gasteiger partial charge in [-0.25, -0.2) is 10.2 Å². The van der Waals surface area contributed by atoms with Crippen LogP contribution < -0.4 is 5.43 Å². The zero-order chi connectivity index (χ0) is 19.7. The maximum Gasteiger partial charge on any atom is 0.337 e. The van der Waals surface area contributed by atoms with Gasteiger partial charge in [0.05, 0.1) is 18.9 Å². The number of carbonyl (C=O) groups is 2. The summed E-state index contributed by atoms with van der Waals surface area (Å²) in [6.45, 7) is 2.21. The molecule has 28 heavy (non-hydrogen) atoms. The molecule has 2 fully saturated rings. The van der Waals surface area contributed by atoms with Crippen molar-refractivity contribution < 1.29 is 18.7 Å². The lowest BCUT2D eigenvalue weighted by atomic mass is 9.90. The molecule has 1 amide bonds. The van der Waals surface area contributed by atoms with E-state index in [9.17, 15) is 9.59 Å². The normalized spacial score (nSPS) is 25.9. The fourth-order valence-corrected chi connectivity index (χ4v) is 4.57. The fraction of sp³-hybridized carbons (Fsp3) is 0.409. The summed E-state index contributed by atoms with van der Waals surface area (Å²) < 4.78 is 10.5. The van der Waals surface area contributed by atoms with Crippen molar-refractivity contribution in [3.8, 4) is 11.3 Å². The zero-order valence-electron chi connectivity index (χ0n) is 16.1. The van der Waals surface area contributed by atoms with Crippen LogP contribution in [-0.4, -0.2) is 25.2 Å². The van der Waals surface area contributed by atoms with Crippen LogP contribution in [-0.2, 0) is 9.53 Å². The predicted molar refractivity (Wildman–Crippen MR) is 105 cm³/mol. The van der Waals surface area contributed by atoms with E-state index < -0.39 is 5.97 Å². The van der Waals surface area contributed by atoms with E-state index in [0.29, 0.717) is 23.0 Å². The Balaban J connectivity index is 1.39. The number of nitrogens with one attached hydrogen (secondary N) is 1. The predicted octanol–water partition coefficient (Wildman–Crippen LogP) is 4.01. The molecular formula is C22H24N2O4. The lowest BCUT2D eigenvalue weighted by molar-refractivity contribution is -0.123. The number of fused-ring (bicyclic) bond motifs is 1. The van der Waals surface area contributed by atoms with E-state index >= 15 is 0 Å². The van der Waals surface area contributed by atoms with Gasteiger partial charge in [0.25, 0.3) is 0 Å². The molecule has 4 rings (SSSR count). The van der Waals surface area contributed by atoms with Crippen LogP contribution >= 0.6 is 0 Å². The number of rotatable bonds is 5. The number of hydrazone groups is 1. The summed E-state index contributed by atoms with van der Waals surface area (Å²) in [5, 5.41) is 4.07. The molecule has 6 nitrogen and oxygen atoms in total. The molecule has 2 aromatic rings. The number of nitrogens with zero attached hydrogens (tertiary/aromatic N) is 1. The molecule has 1 heterocycles. The lowest BCUT2D eigenvalue weighted by Gasteiger charge is -2.15. The summed E-state index contributed by atoms with van der Waals surface area (Å²) in [4.78, 5) is 24.1. The minimum atomic E-state index is -0.396. The number of amides is 1. The smallest absolute Gasteiger partial charge is 0.337 e. The largest absolute Gasteiger partial charge is 0.465 e. The summed E-state index contributed by atoms with van der Waals surface area (Å²) >= 11 is 0. The van der Waals surface area contributed by atoms with Gasteiger partial charge in [0.1, 0.15) is 11.5 Å². The third-order valence-corrected chi connectivity index (χ3v) is 6.18. The van der Waals surface area contributed by atoms with Crippen LogP contribution in [0.3, 0.4) is 0 Å². The van der Waals surface area contributed by atoms with Crippen LogP contribution in [0.15, 0.2) is 45.9 Å². The third-order valence-electron chi connectivity index (χ3n) is 6.18. The van der Waals surface area contributed by atoms with Gasteiger partial charge in [-0.15, -0.1) is 0 Å². The van der Waals surface area contributed by atoms with Gasteiger partial charge in [-0.1, -0.05) is 31.9 Å². The van der Waals surface area contributed by atoms with E-state index in [1.54, 1.807) is 30.3 Å². The number of hydrogen-bond donors (Lipinski definition) is 1. The summed E-state index contributed by atoms with van der Waals surface area (Å²) in [6, 6.07) is 10.6. The Hall–Kier alpha value is -2.89. The maximum absolute atomic E-state index is 12.4. The van der Waals surface area contributed by atoms with Crippen molar-refractivity contribution in [3.05, 3.63) is 47.7 Å². The number of methoxy groups -OCH3 is 1. The highest BCUT2D eigenvalue weighted by Crippen LogP contribution is 2.66. The maximum atomic E-state index is 12.4. The van der Waals surface area contributed by atoms with Crippen molar-refractivity contribution in [3.63, 3.8) is 0 Å². The molecule has 0 saturated heterocycles. The monoisotopic (exact) mass is 380 g/mol. The van der Waals surface area contributed by atoms with E-state index in [0.717, 1.165) is 18.4 Å². The molecule has 1 aromatic carbocycles. The number of benzene rings is 1. The second kappa shape index (κ2) is 7.26. The van der Waals surface area contributed by atoms with Crippen LogP contribution in [0.5, 0.6) is 0 Å². The van der Waals surface area contributed by atoms with Gasteiger partial charge >= 0.3 is 5.97 Å². The zero-order valence-corrected chi connectivity index (χ0v) is 16.1. The Kier molecular flexibility index (Phi) is 4.79. The van der Waals surface area contributed by atoms with Gasteiger partial charge in [-0.3, -0.25) is 4.79 Å². The summed E-state index contributed by atoms with van der Waals surface area (Å²) in [5.74, 6) is 1.34. The first-order valence-corrected chi connectivity index (χ1v) is 9.64. The van der Waals surface area contributed by atoms with Gasteiger partial charge in [-0.05, 0) is 48.4 Å². The highest BCUT2D eigenvalue weighted by atomic mass is 16.5. The standard InChI is InChI=1S/C22H24N2O4/c1-22-11-4-3-8-17(22)19(22)20(25)24-23-13-16-9-10-18(28-16)14-6-5-7-15(12-14)21(26)27-2/h5-7,9-10,12-13,17,19H,3-4,8,11H2,1-2H3,(H,24,25)/b23-13-/t17-,19-,22+/m0/s1. The first kappa shape index (κ1) is 18.5. The van der Waals surface area contributed by atoms with E-state index in [2.05, 4.69) is 17.5 Å². The lowest BCUT2D eigenvalue weighted by Crippen LogP contribution is -2.22. The Labute approximate surface area is 164 Å². The van der Waals surface area contributed by atoms with Crippen molar-refractivity contribution in [2.24, 2.45) is 22.4 Å². The topological polar surface area (TPSA) is 80.9 Å². The van der Waals surface area contributed by atoms with Crippen LogP contribution in [0.4, 0.5) is 0 Å². The highest BCUT2D eigenvalue weighted by molar-refractivity contribution is 5.91. The van der Waals surface area contributed by atoms with Crippen LogP contribution in [0, 0.1) is 17.3 Å². The molecule has 2 aliphatic carbocycles. The average Bonchev–Trinajstić information content (AvgIpc) is 3.07. The molecule has 0 bridgehead atoms. The number of carbonyl (C=O) groups excluding carboxylic acids is 2. The molecule has 2 aliphatic rings. The molecule has 0 unspecified atom stereocenters. The average molecular weight is 380 g/mol. The summed E-state index contributed by atoms with van der Waals surface area (Å²) in [7, 11) is 1.35. The van der Waals surface area contributed by atoms with Gasteiger partial charge in [0.2, 0.25) is 5.91 Å². The number of esters is 1. The highest BCUT2D eigenvalue weighted by Gasteiger charge is 2.64. The van der Waals surface area contributed by atoms with Crippen molar-refractivity contribution in [2.45, 2.75) is 32.6 Å². The molecule has 2 saturated carbocycles. The Morgan fingerprint density at radius 1 is 1.29 bits per heavy atom. The van der Waals surface area contributed by atoms with Crippen molar-refractivity contribution >= 4 is 18.1 Å². The minimum absolute atomic E-state index is 0.00297. The summed E-state index contributed by atoms with van der Waals surface area (Å²) in [5.41, 5.74) is 4.05. The fourth-order valence-electron chi connectivity index (χ4n) is 4.57. The number of hydrogen-bond acceptors (Lipinski definition) is 5. The van der Waals surface area contributed by atoms with Gasteiger partial charge in [0.15, 0.2) is 0 Å². The van der Waals surface area contributed by atoms with E-state index in [-0.39, 0.29) is 17.2 Å². The van der Waals surface area contributed by atoms with Crippen molar-refractivity contribution in [1.82, 2.24) is 5.43 Å². The summed E-state index contributed by atoms with van der Waals surface area (Å²) in [6.07, 6.45) is 6.21. The Morgan fingerprint density at radius 2 is 2.14 bits per heavy atom. The minimum Gasteiger partial charge on any atom is -0.465 e. The van der Waals surface area contributed by atoms with Crippen LogP contribution in [0.1, 0.15) is 48.7 Å². The van der Waals surface area contributed by atoms with E-state index in [1.165, 1.54) is 26.2 Å². The first-order valence-electron chi connectivity index (χ1n) is 9.64. The van der Waals surface area contributed by atoms with Gasteiger partial charge in [-0.2, -0.15) is 5.10 Å². The molecule has 0 spiro atoms. The molecule has 1 N–H and O–H groups in total. The second-order valence-corrected chi connectivity index (χ2v) is 7.84. The quantitative estimate of drug-likeness (QED) is 0.483. The first-order chi connectivity index (χ1) is 13.5.